The van der Waals surface area contributed by atoms with E-state index < -0.39 is 0 Å². The van der Waals surface area contributed by atoms with Gasteiger partial charge >= 0.3 is 6.03 Å². The molecule has 1 aliphatic rings. The number of fused-ring (bicyclic) bond motifs is 1. The first-order valence-electron chi connectivity index (χ1n) is 15.3. The van der Waals surface area contributed by atoms with Gasteiger partial charge in [0.1, 0.15) is 23.7 Å². The lowest BCUT2D eigenvalue weighted by atomic mass is 9.92. The van der Waals surface area contributed by atoms with E-state index in [-0.39, 0.29) is 11.4 Å². The van der Waals surface area contributed by atoms with Crippen LogP contribution in [0.4, 0.5) is 16.3 Å². The second kappa shape index (κ2) is 14.2. The van der Waals surface area contributed by atoms with Crippen molar-refractivity contribution in [1.29, 1.82) is 5.53 Å². The van der Waals surface area contributed by atoms with Crippen molar-refractivity contribution in [2.24, 2.45) is 10.3 Å². The van der Waals surface area contributed by atoms with Crippen LogP contribution in [0.3, 0.4) is 0 Å². The first-order chi connectivity index (χ1) is 21.3. The number of nitrogens with zero attached hydrogens (tertiary/aromatic N) is 5. The Kier molecular flexibility index (Phi) is 9.88. The number of imidazole rings is 1. The molecule has 1 fully saturated rings. The van der Waals surface area contributed by atoms with Gasteiger partial charge in [0.2, 0.25) is 0 Å². The summed E-state index contributed by atoms with van der Waals surface area (Å²) in [6, 6.07) is 15.4. The van der Waals surface area contributed by atoms with Crippen LogP contribution < -0.4 is 20.7 Å². The third-order valence-corrected chi connectivity index (χ3v) is 7.74. The van der Waals surface area contributed by atoms with Gasteiger partial charge in [0.05, 0.1) is 23.3 Å². The zero-order valence-corrected chi connectivity index (χ0v) is 25.7. The van der Waals surface area contributed by atoms with Gasteiger partial charge in [-0.1, -0.05) is 45.3 Å². The monoisotopic (exact) mass is 598 g/mol. The van der Waals surface area contributed by atoms with Gasteiger partial charge in [-0.15, -0.1) is 5.10 Å². The lowest BCUT2D eigenvalue weighted by molar-refractivity contribution is 0.262. The highest BCUT2D eigenvalue weighted by Crippen LogP contribution is 2.25. The predicted octanol–water partition coefficient (Wildman–Crippen LogP) is 7.51. The van der Waals surface area contributed by atoms with E-state index in [1.165, 1.54) is 19.3 Å². The van der Waals surface area contributed by atoms with Gasteiger partial charge in [0.15, 0.2) is 0 Å². The van der Waals surface area contributed by atoms with Crippen LogP contribution >= 0.6 is 0 Å². The smallest absolute Gasteiger partial charge is 0.324 e. The molecule has 0 radical (unpaired) electrons. The van der Waals surface area contributed by atoms with Gasteiger partial charge in [0, 0.05) is 41.4 Å². The minimum atomic E-state index is -0.351. The summed E-state index contributed by atoms with van der Waals surface area (Å²) in [7, 11) is 0. The topological polar surface area (TPSA) is 157 Å². The number of ether oxygens (including phenoxy) is 1. The fourth-order valence-corrected chi connectivity index (χ4v) is 5.33. The Morgan fingerprint density at radius 2 is 1.86 bits per heavy atom. The minimum Gasteiger partial charge on any atom is -0.494 e. The normalized spacial score (nSPS) is 14.4. The average Bonchev–Trinajstić information content (AvgIpc) is 3.65. The van der Waals surface area contributed by atoms with E-state index in [1.54, 1.807) is 6.33 Å². The number of benzene rings is 2. The molecule has 2 amide bonds. The molecule has 0 saturated heterocycles. The number of amidine groups is 1. The summed E-state index contributed by atoms with van der Waals surface area (Å²) >= 11 is 0. The fourth-order valence-electron chi connectivity index (χ4n) is 5.33. The van der Waals surface area contributed by atoms with Crippen molar-refractivity contribution in [3.63, 3.8) is 0 Å². The molecule has 4 aromatic rings. The number of rotatable bonds is 11. The van der Waals surface area contributed by atoms with Crippen LogP contribution in [-0.2, 0) is 5.41 Å². The molecule has 0 unspecified atom stereocenters. The Morgan fingerprint density at radius 1 is 1.07 bits per heavy atom. The summed E-state index contributed by atoms with van der Waals surface area (Å²) in [5, 5.41) is 23.5. The van der Waals surface area contributed by atoms with Crippen molar-refractivity contribution in [2.75, 3.05) is 17.2 Å². The van der Waals surface area contributed by atoms with Crippen LogP contribution in [-0.4, -0.2) is 44.3 Å². The van der Waals surface area contributed by atoms with E-state index in [0.29, 0.717) is 24.2 Å². The van der Waals surface area contributed by atoms with Gasteiger partial charge in [-0.25, -0.2) is 9.78 Å². The molecule has 12 nitrogen and oxygen atoms in total. The highest BCUT2D eigenvalue weighted by Gasteiger charge is 2.18. The van der Waals surface area contributed by atoms with Crippen LogP contribution in [0.1, 0.15) is 77.8 Å². The van der Waals surface area contributed by atoms with Crippen LogP contribution in [0.15, 0.2) is 65.2 Å². The Balaban J connectivity index is 1.10. The highest BCUT2D eigenvalue weighted by molar-refractivity contribution is 5.99. The number of nitrogens with one attached hydrogen (secondary N) is 5. The molecule has 12 heteroatoms. The summed E-state index contributed by atoms with van der Waals surface area (Å²) in [5.74, 6) is 2.12. The number of hydrogen-bond acceptors (Lipinski definition) is 6. The Hall–Kier alpha value is -4.74. The van der Waals surface area contributed by atoms with E-state index in [0.717, 1.165) is 66.1 Å². The van der Waals surface area contributed by atoms with E-state index in [4.69, 9.17) is 10.3 Å². The van der Waals surface area contributed by atoms with Crippen molar-refractivity contribution in [2.45, 2.75) is 83.6 Å². The second-order valence-electron chi connectivity index (χ2n) is 12.2. The molecule has 5 rings (SSSR count). The number of carbonyl (C=O) groups excluding carboxylic acids is 1. The number of hydrogen-bond donors (Lipinski definition) is 5. The maximum atomic E-state index is 12.5. The molecule has 0 spiro atoms. The SMILES string of the molecule is CC(C)(C)c1cc(NC(=O)Nc2ccc(-n3cnc4cc(OCCCC/C(=N/N=N)NC5CCCCC5)ccc43)cc2)[nH]n1. The molecule has 1 aliphatic carbocycles. The molecule has 232 valence electrons. The standard InChI is InChI=1S/C32H42N10O2/c1-32(2,3)28-20-30(39-38-28)37-31(43)36-23-12-14-24(15-13-23)42-21-34-26-19-25(16-17-27(26)42)44-18-8-7-11-29(40-41-33)35-22-9-5-4-6-10-22/h12-17,19-22H,4-11,18H2,1-3H3,(H2,33,35,40)(H3,36,37,38,39,43). The third kappa shape index (κ3) is 8.21. The Bertz CT molecular complexity index is 1580. The molecule has 2 aromatic heterocycles. The quantitative estimate of drug-likeness (QED) is 0.0397. The van der Waals surface area contributed by atoms with E-state index in [9.17, 15) is 4.79 Å². The number of aromatic nitrogens is 4. The summed E-state index contributed by atoms with van der Waals surface area (Å²) in [6.45, 7) is 6.78. The number of urea groups is 1. The molecule has 1 saturated carbocycles. The Morgan fingerprint density at radius 3 is 2.59 bits per heavy atom. The molecule has 44 heavy (non-hydrogen) atoms. The number of amides is 2. The van der Waals surface area contributed by atoms with Gasteiger partial charge in [0.25, 0.3) is 0 Å². The van der Waals surface area contributed by atoms with E-state index in [1.807, 2.05) is 53.1 Å². The number of aromatic amines is 1. The largest absolute Gasteiger partial charge is 0.494 e. The maximum absolute atomic E-state index is 12.5. The average molecular weight is 599 g/mol. The summed E-state index contributed by atoms with van der Waals surface area (Å²) < 4.78 is 8.01. The van der Waals surface area contributed by atoms with Crippen molar-refractivity contribution >= 4 is 34.4 Å². The molecular weight excluding hydrogens is 556 g/mol. The fraction of sp³-hybridized carbons (Fsp3) is 0.438. The van der Waals surface area contributed by atoms with Crippen molar-refractivity contribution < 1.29 is 9.53 Å². The summed E-state index contributed by atoms with van der Waals surface area (Å²) in [4.78, 5) is 17.1. The molecule has 2 heterocycles. The van der Waals surface area contributed by atoms with Crippen molar-refractivity contribution in [3.8, 4) is 11.4 Å². The lowest BCUT2D eigenvalue weighted by Gasteiger charge is -2.24. The zero-order chi connectivity index (χ0) is 30.9. The van der Waals surface area contributed by atoms with Gasteiger partial charge in [-0.2, -0.15) is 10.6 Å². The second-order valence-corrected chi connectivity index (χ2v) is 12.2. The van der Waals surface area contributed by atoms with Crippen LogP contribution in [0.5, 0.6) is 5.75 Å². The first-order valence-corrected chi connectivity index (χ1v) is 15.3. The number of unbranched alkanes of at least 4 members (excludes halogenated alkanes) is 1. The minimum absolute atomic E-state index is 0.110. The predicted molar refractivity (Wildman–Crippen MR) is 173 cm³/mol. The van der Waals surface area contributed by atoms with E-state index >= 15 is 0 Å². The summed E-state index contributed by atoms with van der Waals surface area (Å²) in [5.41, 5.74) is 11.3. The number of anilines is 2. The van der Waals surface area contributed by atoms with Crippen LogP contribution in [0.2, 0.25) is 0 Å². The van der Waals surface area contributed by atoms with Crippen molar-refractivity contribution in [3.05, 3.63) is 60.6 Å². The van der Waals surface area contributed by atoms with Gasteiger partial charge in [-0.3, -0.25) is 15.0 Å². The first kappa shape index (κ1) is 30.7. The van der Waals surface area contributed by atoms with Crippen LogP contribution in [0.25, 0.3) is 16.7 Å². The maximum Gasteiger partial charge on any atom is 0.324 e. The lowest BCUT2D eigenvalue weighted by Crippen LogP contribution is -2.36. The van der Waals surface area contributed by atoms with Gasteiger partial charge in [-0.05, 0) is 62.1 Å². The zero-order valence-electron chi connectivity index (χ0n) is 25.7. The molecule has 5 N–H and O–H groups in total. The molecule has 0 bridgehead atoms. The van der Waals surface area contributed by atoms with Crippen LogP contribution in [0, 0.1) is 5.53 Å². The van der Waals surface area contributed by atoms with Crippen molar-refractivity contribution in [1.82, 2.24) is 25.1 Å². The molecule has 0 aliphatic heterocycles. The number of H-pyrrole nitrogens is 1. The number of carbonyl (C=O) groups is 1. The van der Waals surface area contributed by atoms with E-state index in [2.05, 4.69) is 62.2 Å². The molecule has 2 aromatic carbocycles. The Labute approximate surface area is 257 Å². The summed E-state index contributed by atoms with van der Waals surface area (Å²) in [6.07, 6.45) is 10.4. The highest BCUT2D eigenvalue weighted by atomic mass is 16.5. The molecule has 0 atom stereocenters. The van der Waals surface area contributed by atoms with Gasteiger partial charge < -0.3 is 15.4 Å². The third-order valence-electron chi connectivity index (χ3n) is 7.74. The molecular formula is C32H42N10O2.